The Labute approximate surface area is 169 Å². The molecule has 2 aromatic heterocycles. The van der Waals surface area contributed by atoms with Crippen molar-refractivity contribution in [3.63, 3.8) is 0 Å². The summed E-state index contributed by atoms with van der Waals surface area (Å²) in [5.74, 6) is -1.17. The highest BCUT2D eigenvalue weighted by molar-refractivity contribution is 7.89. The Hall–Kier alpha value is -2.73. The Morgan fingerprint density at radius 1 is 1.25 bits per heavy atom. The number of rotatable bonds is 7. The molecule has 0 spiro atoms. The predicted octanol–water partition coefficient (Wildman–Crippen LogP) is 1.81. The predicted molar refractivity (Wildman–Crippen MR) is 106 cm³/mol. The molecule has 0 aliphatic carbocycles. The summed E-state index contributed by atoms with van der Waals surface area (Å²) in [6.07, 6.45) is 1.57. The number of nitrogens with zero attached hydrogens (tertiary/aromatic N) is 1. The maximum Gasteiger partial charge on any atom is 0.265 e. The van der Waals surface area contributed by atoms with Crippen LogP contribution in [0.15, 0.2) is 46.8 Å². The monoisotopic (exact) mass is 439 g/mol. The van der Waals surface area contributed by atoms with Gasteiger partial charge in [0.1, 0.15) is 5.69 Å². The zero-order valence-corrected chi connectivity index (χ0v) is 16.5. The number of hydrogen-bond acceptors (Lipinski definition) is 6. The minimum absolute atomic E-state index is 0.000974. The van der Waals surface area contributed by atoms with E-state index in [4.69, 9.17) is 17.3 Å². The molecule has 0 atom stereocenters. The number of carbonyl (C=O) groups is 2. The molecule has 3 rings (SSSR count). The third-order valence-electron chi connectivity index (χ3n) is 3.54. The number of nitrogens with one attached hydrogen (secondary N) is 3. The molecule has 0 bridgehead atoms. The maximum atomic E-state index is 12.2. The summed E-state index contributed by atoms with van der Waals surface area (Å²) in [6, 6.07) is 7.11. The summed E-state index contributed by atoms with van der Waals surface area (Å²) in [7, 11) is -3.84. The van der Waals surface area contributed by atoms with Crippen molar-refractivity contribution in [2.45, 2.75) is 4.90 Å². The molecule has 0 fully saturated rings. The van der Waals surface area contributed by atoms with Crippen LogP contribution in [0.5, 0.6) is 0 Å². The molecule has 3 aromatic rings. The molecule has 5 N–H and O–H groups in total. The van der Waals surface area contributed by atoms with Crippen molar-refractivity contribution in [1.82, 2.24) is 14.7 Å². The minimum atomic E-state index is -3.84. The molecule has 2 amide bonds. The van der Waals surface area contributed by atoms with E-state index in [1.165, 1.54) is 24.3 Å². The molecule has 0 aliphatic rings. The lowest BCUT2D eigenvalue weighted by Gasteiger charge is -2.06. The normalized spacial score (nSPS) is 11.3. The van der Waals surface area contributed by atoms with Crippen LogP contribution in [0.4, 0.5) is 5.13 Å². The van der Waals surface area contributed by atoms with Crippen LogP contribution in [0, 0.1) is 0 Å². The number of sulfonamides is 1. The number of benzene rings is 1. The van der Waals surface area contributed by atoms with Crippen LogP contribution in [0.25, 0.3) is 11.3 Å². The molecule has 0 unspecified atom stereocenters. The lowest BCUT2D eigenvalue weighted by Crippen LogP contribution is -2.32. The first-order chi connectivity index (χ1) is 13.2. The molecule has 2 heterocycles. The minimum Gasteiger partial charge on any atom is -0.364 e. The van der Waals surface area contributed by atoms with Crippen LogP contribution >= 0.6 is 22.9 Å². The van der Waals surface area contributed by atoms with E-state index in [9.17, 15) is 18.0 Å². The standard InChI is InChI=1S/C16H14ClN5O4S2/c17-10-1-3-11(4-2-10)28(25,26)20-7-14(23)22-16-21-13(8-27-16)9-5-12(15(18)24)19-6-9/h1-6,8,19-20H,7H2,(H2,18,24)(H,21,22,23). The molecular weight excluding hydrogens is 426 g/mol. The van der Waals surface area contributed by atoms with Gasteiger partial charge in [-0.25, -0.2) is 18.1 Å². The summed E-state index contributed by atoms with van der Waals surface area (Å²) >= 11 is 6.89. The number of amides is 2. The fourth-order valence-corrected chi connectivity index (χ4v) is 4.01. The molecule has 0 saturated heterocycles. The number of carbonyl (C=O) groups excluding carboxylic acids is 2. The number of aromatic nitrogens is 2. The average Bonchev–Trinajstić information content (AvgIpc) is 3.30. The number of primary amides is 1. The van der Waals surface area contributed by atoms with E-state index in [1.54, 1.807) is 17.6 Å². The Morgan fingerprint density at radius 3 is 2.61 bits per heavy atom. The Balaban J connectivity index is 1.60. The largest absolute Gasteiger partial charge is 0.364 e. The molecule has 0 radical (unpaired) electrons. The van der Waals surface area contributed by atoms with Gasteiger partial charge in [-0.2, -0.15) is 0 Å². The van der Waals surface area contributed by atoms with Crippen molar-refractivity contribution < 1.29 is 18.0 Å². The van der Waals surface area contributed by atoms with Crippen LogP contribution in [-0.4, -0.2) is 36.7 Å². The van der Waals surface area contributed by atoms with Gasteiger partial charge in [-0.05, 0) is 30.3 Å². The summed E-state index contributed by atoms with van der Waals surface area (Å²) < 4.78 is 26.5. The lowest BCUT2D eigenvalue weighted by atomic mass is 10.2. The van der Waals surface area contributed by atoms with Gasteiger partial charge >= 0.3 is 0 Å². The fraction of sp³-hybridized carbons (Fsp3) is 0.0625. The van der Waals surface area contributed by atoms with Gasteiger partial charge in [0.05, 0.1) is 17.1 Å². The first-order valence-corrected chi connectivity index (χ1v) is 10.5. The fourth-order valence-electron chi connectivity index (χ4n) is 2.17. The van der Waals surface area contributed by atoms with E-state index in [-0.39, 0.29) is 15.7 Å². The quantitative estimate of drug-likeness (QED) is 0.443. The van der Waals surface area contributed by atoms with E-state index in [2.05, 4.69) is 20.0 Å². The topological polar surface area (TPSA) is 147 Å². The van der Waals surface area contributed by atoms with Crippen molar-refractivity contribution in [3.05, 3.63) is 52.6 Å². The molecular formula is C16H14ClN5O4S2. The van der Waals surface area contributed by atoms with Crippen molar-refractivity contribution >= 4 is 49.9 Å². The first kappa shape index (κ1) is 20.0. The van der Waals surface area contributed by atoms with E-state index >= 15 is 0 Å². The van der Waals surface area contributed by atoms with Gasteiger partial charge < -0.3 is 16.0 Å². The maximum absolute atomic E-state index is 12.2. The van der Waals surface area contributed by atoms with Gasteiger partial charge in [-0.1, -0.05) is 11.6 Å². The molecule has 1 aromatic carbocycles. The van der Waals surface area contributed by atoms with Crippen molar-refractivity contribution in [1.29, 1.82) is 0 Å². The molecule has 12 heteroatoms. The first-order valence-electron chi connectivity index (χ1n) is 7.74. The van der Waals surface area contributed by atoms with Crippen LogP contribution in [0.1, 0.15) is 10.5 Å². The number of halogens is 1. The highest BCUT2D eigenvalue weighted by Gasteiger charge is 2.16. The lowest BCUT2D eigenvalue weighted by molar-refractivity contribution is -0.115. The number of hydrogen-bond donors (Lipinski definition) is 4. The van der Waals surface area contributed by atoms with Crippen molar-refractivity contribution in [3.8, 4) is 11.3 Å². The van der Waals surface area contributed by atoms with Crippen molar-refractivity contribution in [2.24, 2.45) is 5.73 Å². The van der Waals surface area contributed by atoms with Gasteiger partial charge in [0.25, 0.3) is 5.91 Å². The van der Waals surface area contributed by atoms with Crippen LogP contribution in [-0.2, 0) is 14.8 Å². The Morgan fingerprint density at radius 2 is 1.96 bits per heavy atom. The summed E-state index contributed by atoms with van der Waals surface area (Å²) in [6.45, 7) is -0.462. The van der Waals surface area contributed by atoms with Crippen LogP contribution in [0.2, 0.25) is 5.02 Å². The molecule has 28 heavy (non-hydrogen) atoms. The number of thiazole rings is 1. The van der Waals surface area contributed by atoms with Gasteiger partial charge in [0.15, 0.2) is 5.13 Å². The average molecular weight is 440 g/mol. The molecule has 0 saturated carbocycles. The van der Waals surface area contributed by atoms with Gasteiger partial charge in [0.2, 0.25) is 15.9 Å². The second kappa shape index (κ2) is 8.10. The number of H-pyrrole nitrogens is 1. The summed E-state index contributed by atoms with van der Waals surface area (Å²) in [5.41, 5.74) is 6.59. The molecule has 9 nitrogen and oxygen atoms in total. The number of anilines is 1. The van der Waals surface area contributed by atoms with Gasteiger partial charge in [0, 0.05) is 22.2 Å². The molecule has 146 valence electrons. The van der Waals surface area contributed by atoms with Gasteiger partial charge in [-0.15, -0.1) is 11.3 Å². The number of nitrogens with two attached hydrogens (primary N) is 1. The zero-order chi connectivity index (χ0) is 20.3. The van der Waals surface area contributed by atoms with E-state index in [0.717, 1.165) is 11.3 Å². The van der Waals surface area contributed by atoms with E-state index < -0.39 is 28.4 Å². The highest BCUT2D eigenvalue weighted by Crippen LogP contribution is 2.25. The second-order valence-electron chi connectivity index (χ2n) is 5.53. The smallest absolute Gasteiger partial charge is 0.265 e. The van der Waals surface area contributed by atoms with E-state index in [0.29, 0.717) is 16.3 Å². The molecule has 0 aliphatic heterocycles. The van der Waals surface area contributed by atoms with Gasteiger partial charge in [-0.3, -0.25) is 9.59 Å². The van der Waals surface area contributed by atoms with Crippen molar-refractivity contribution in [2.75, 3.05) is 11.9 Å². The van der Waals surface area contributed by atoms with Crippen LogP contribution < -0.4 is 15.8 Å². The number of aromatic amines is 1. The van der Waals surface area contributed by atoms with Crippen LogP contribution in [0.3, 0.4) is 0 Å². The summed E-state index contributed by atoms with van der Waals surface area (Å²) in [4.78, 5) is 30.1. The summed E-state index contributed by atoms with van der Waals surface area (Å²) in [5, 5.41) is 4.88. The highest BCUT2D eigenvalue weighted by atomic mass is 35.5. The van der Waals surface area contributed by atoms with E-state index in [1.807, 2.05) is 0 Å². The third kappa shape index (κ3) is 4.75. The second-order valence-corrected chi connectivity index (χ2v) is 8.59. The third-order valence-corrected chi connectivity index (χ3v) is 5.97. The Bertz CT molecular complexity index is 1120. The Kier molecular flexibility index (Phi) is 5.79. The SMILES string of the molecule is NC(=O)c1cc(-c2csc(NC(=O)CNS(=O)(=O)c3ccc(Cl)cc3)n2)c[nH]1. The zero-order valence-electron chi connectivity index (χ0n) is 14.1.